The molecule has 0 bridgehead atoms. The lowest BCUT2D eigenvalue weighted by atomic mass is 10.1. The summed E-state index contributed by atoms with van der Waals surface area (Å²) in [7, 11) is 0. The number of rotatable bonds is 5. The van der Waals surface area contributed by atoms with Crippen molar-refractivity contribution in [3.05, 3.63) is 18.7 Å². The highest BCUT2D eigenvalue weighted by molar-refractivity contribution is 4.85. The van der Waals surface area contributed by atoms with E-state index in [1.807, 2.05) is 12.5 Å². The predicted octanol–water partition coefficient (Wildman–Crippen LogP) is 2.04. The van der Waals surface area contributed by atoms with E-state index in [4.69, 9.17) is 4.74 Å². The third-order valence-electron chi connectivity index (χ3n) is 2.01. The minimum Gasteiger partial charge on any atom is -0.379 e. The quantitative estimate of drug-likeness (QED) is 0.652. The van der Waals surface area contributed by atoms with Crippen molar-refractivity contribution >= 4 is 0 Å². The van der Waals surface area contributed by atoms with E-state index in [0.29, 0.717) is 0 Å². The van der Waals surface area contributed by atoms with Gasteiger partial charge in [0, 0.05) is 19.0 Å². The molecule has 0 aliphatic carbocycles. The first-order valence-electron chi connectivity index (χ1n) is 4.73. The van der Waals surface area contributed by atoms with Crippen LogP contribution in [0, 0.1) is 0 Å². The van der Waals surface area contributed by atoms with Gasteiger partial charge in [-0.2, -0.15) is 0 Å². The van der Waals surface area contributed by atoms with E-state index in [-0.39, 0.29) is 5.54 Å². The van der Waals surface area contributed by atoms with Gasteiger partial charge in [0.15, 0.2) is 0 Å². The Balaban J connectivity index is 2.46. The topological polar surface area (TPSA) is 27.1 Å². The Morgan fingerprint density at radius 3 is 2.77 bits per heavy atom. The second-order valence-electron chi connectivity index (χ2n) is 3.83. The molecule has 3 nitrogen and oxygen atoms in total. The van der Waals surface area contributed by atoms with E-state index in [9.17, 15) is 0 Å². The number of hydrogen-bond donors (Lipinski definition) is 0. The summed E-state index contributed by atoms with van der Waals surface area (Å²) < 4.78 is 7.59. The van der Waals surface area contributed by atoms with E-state index >= 15 is 0 Å². The van der Waals surface area contributed by atoms with Crippen LogP contribution in [0.5, 0.6) is 0 Å². The zero-order chi connectivity index (χ0) is 9.73. The maximum Gasteiger partial charge on any atom is 0.0951 e. The fourth-order valence-corrected chi connectivity index (χ4v) is 1.16. The van der Waals surface area contributed by atoms with Crippen molar-refractivity contribution in [1.82, 2.24) is 9.55 Å². The van der Waals surface area contributed by atoms with Gasteiger partial charge in [0.2, 0.25) is 0 Å². The summed E-state index contributed by atoms with van der Waals surface area (Å²) in [6.45, 7) is 7.97. The van der Waals surface area contributed by atoms with Gasteiger partial charge >= 0.3 is 0 Å². The first-order valence-corrected chi connectivity index (χ1v) is 4.73. The smallest absolute Gasteiger partial charge is 0.0951 e. The Morgan fingerprint density at radius 2 is 2.23 bits per heavy atom. The van der Waals surface area contributed by atoms with Crippen LogP contribution < -0.4 is 0 Å². The summed E-state index contributed by atoms with van der Waals surface area (Å²) in [5, 5.41) is 0. The number of ether oxygens (including phenoxy) is 1. The second-order valence-corrected chi connectivity index (χ2v) is 3.83. The van der Waals surface area contributed by atoms with Crippen molar-refractivity contribution < 1.29 is 4.74 Å². The molecular weight excluding hydrogens is 164 g/mol. The minimum absolute atomic E-state index is 0.00563. The van der Waals surface area contributed by atoms with Crippen LogP contribution in [-0.2, 0) is 10.3 Å². The van der Waals surface area contributed by atoms with E-state index < -0.39 is 0 Å². The van der Waals surface area contributed by atoms with Gasteiger partial charge in [0.25, 0.3) is 0 Å². The third kappa shape index (κ3) is 2.84. The minimum atomic E-state index is 0.00563. The first kappa shape index (κ1) is 10.3. The number of hydrogen-bond acceptors (Lipinski definition) is 2. The molecule has 0 amide bonds. The molecule has 0 aliphatic heterocycles. The largest absolute Gasteiger partial charge is 0.379 e. The van der Waals surface area contributed by atoms with E-state index in [1.165, 1.54) is 0 Å². The average Bonchev–Trinajstić information content (AvgIpc) is 2.56. The van der Waals surface area contributed by atoms with Crippen molar-refractivity contribution in [2.45, 2.75) is 32.7 Å². The van der Waals surface area contributed by atoms with Gasteiger partial charge in [0.1, 0.15) is 0 Å². The fraction of sp³-hybridized carbons (Fsp3) is 0.700. The molecule has 3 heteroatoms. The summed E-state index contributed by atoms with van der Waals surface area (Å²) in [4.78, 5) is 4.02. The highest BCUT2D eigenvalue weighted by atomic mass is 16.5. The molecule has 0 radical (unpaired) electrons. The molecule has 0 fully saturated rings. The third-order valence-corrected chi connectivity index (χ3v) is 2.01. The molecule has 0 aliphatic rings. The van der Waals surface area contributed by atoms with Crippen LogP contribution in [0.4, 0.5) is 0 Å². The van der Waals surface area contributed by atoms with Crippen molar-refractivity contribution in [1.29, 1.82) is 0 Å². The molecule has 0 aromatic carbocycles. The van der Waals surface area contributed by atoms with Crippen molar-refractivity contribution in [2.75, 3.05) is 13.2 Å². The molecule has 1 aromatic heterocycles. The Morgan fingerprint density at radius 1 is 1.46 bits per heavy atom. The maximum atomic E-state index is 5.52. The summed E-state index contributed by atoms with van der Waals surface area (Å²) in [5.74, 6) is 0. The molecule has 1 aromatic rings. The first-order chi connectivity index (χ1) is 6.17. The summed E-state index contributed by atoms with van der Waals surface area (Å²) >= 11 is 0. The molecule has 0 spiro atoms. The highest BCUT2D eigenvalue weighted by Gasteiger charge is 2.19. The van der Waals surface area contributed by atoms with Crippen LogP contribution in [0.15, 0.2) is 18.7 Å². The fourth-order valence-electron chi connectivity index (χ4n) is 1.16. The SMILES string of the molecule is CCCOCC(C)(C)n1ccnc1. The molecule has 13 heavy (non-hydrogen) atoms. The van der Waals surface area contributed by atoms with E-state index in [0.717, 1.165) is 19.6 Å². The standard InChI is InChI=1S/C10H18N2O/c1-4-7-13-8-10(2,3)12-6-5-11-9-12/h5-6,9H,4,7-8H2,1-3H3. The lowest BCUT2D eigenvalue weighted by Gasteiger charge is -2.26. The van der Waals surface area contributed by atoms with Gasteiger partial charge in [0.05, 0.1) is 18.5 Å². The van der Waals surface area contributed by atoms with Gasteiger partial charge in [-0.25, -0.2) is 4.98 Å². The Hall–Kier alpha value is -0.830. The van der Waals surface area contributed by atoms with Crippen LogP contribution >= 0.6 is 0 Å². The number of aromatic nitrogens is 2. The Kier molecular flexibility index (Phi) is 3.48. The Bertz CT molecular complexity index is 229. The van der Waals surface area contributed by atoms with Crippen LogP contribution in [-0.4, -0.2) is 22.8 Å². The Labute approximate surface area is 79.7 Å². The molecule has 0 N–H and O–H groups in total. The van der Waals surface area contributed by atoms with Gasteiger partial charge in [-0.3, -0.25) is 0 Å². The van der Waals surface area contributed by atoms with Gasteiger partial charge in [-0.05, 0) is 20.3 Å². The second kappa shape index (κ2) is 4.42. The molecular formula is C10H18N2O. The van der Waals surface area contributed by atoms with E-state index in [1.54, 1.807) is 6.20 Å². The van der Waals surface area contributed by atoms with Crippen LogP contribution in [0.2, 0.25) is 0 Å². The average molecular weight is 182 g/mol. The summed E-state index contributed by atoms with van der Waals surface area (Å²) in [6, 6.07) is 0. The van der Waals surface area contributed by atoms with Gasteiger partial charge < -0.3 is 9.30 Å². The van der Waals surface area contributed by atoms with E-state index in [2.05, 4.69) is 30.3 Å². The monoisotopic (exact) mass is 182 g/mol. The summed E-state index contributed by atoms with van der Waals surface area (Å²) in [5.41, 5.74) is 0.00563. The number of imidazole rings is 1. The van der Waals surface area contributed by atoms with Crippen LogP contribution in [0.25, 0.3) is 0 Å². The lowest BCUT2D eigenvalue weighted by Crippen LogP contribution is -2.31. The summed E-state index contributed by atoms with van der Waals surface area (Å²) in [6.07, 6.45) is 6.66. The molecule has 0 saturated carbocycles. The van der Waals surface area contributed by atoms with Crippen molar-refractivity contribution in [3.63, 3.8) is 0 Å². The lowest BCUT2D eigenvalue weighted by molar-refractivity contribution is 0.0674. The van der Waals surface area contributed by atoms with Gasteiger partial charge in [-0.1, -0.05) is 6.92 Å². The van der Waals surface area contributed by atoms with Crippen molar-refractivity contribution in [2.24, 2.45) is 0 Å². The molecule has 0 saturated heterocycles. The molecule has 0 atom stereocenters. The zero-order valence-electron chi connectivity index (χ0n) is 8.66. The van der Waals surface area contributed by atoms with Gasteiger partial charge in [-0.15, -0.1) is 0 Å². The predicted molar refractivity (Wildman–Crippen MR) is 52.7 cm³/mol. The van der Waals surface area contributed by atoms with Crippen molar-refractivity contribution in [3.8, 4) is 0 Å². The molecule has 1 heterocycles. The molecule has 0 unspecified atom stereocenters. The molecule has 74 valence electrons. The van der Waals surface area contributed by atoms with Crippen LogP contribution in [0.1, 0.15) is 27.2 Å². The molecule has 1 rings (SSSR count). The van der Waals surface area contributed by atoms with Crippen LogP contribution in [0.3, 0.4) is 0 Å². The normalized spacial score (nSPS) is 11.9. The zero-order valence-corrected chi connectivity index (χ0v) is 8.66. The number of nitrogens with zero attached hydrogens (tertiary/aromatic N) is 2. The highest BCUT2D eigenvalue weighted by Crippen LogP contribution is 2.14. The maximum absolute atomic E-state index is 5.52.